The van der Waals surface area contributed by atoms with Crippen molar-refractivity contribution < 1.29 is 19.5 Å². The summed E-state index contributed by atoms with van der Waals surface area (Å²) in [6, 6.07) is -1.14. The Labute approximate surface area is 99.8 Å². The molecule has 0 radical (unpaired) electrons. The molecule has 1 aliphatic rings. The van der Waals surface area contributed by atoms with Crippen LogP contribution in [0.15, 0.2) is 11.0 Å². The minimum Gasteiger partial charge on any atom is -0.480 e. The second kappa shape index (κ2) is 4.35. The van der Waals surface area contributed by atoms with Gasteiger partial charge in [-0.3, -0.25) is 9.59 Å². The molecule has 1 unspecified atom stereocenters. The lowest BCUT2D eigenvalue weighted by Gasteiger charge is -2.32. The van der Waals surface area contributed by atoms with Gasteiger partial charge in [-0.1, -0.05) is 0 Å². The van der Waals surface area contributed by atoms with E-state index >= 15 is 0 Å². The highest BCUT2D eigenvalue weighted by atomic mass is 16.4. The molecule has 2 amide bonds. The maximum Gasteiger partial charge on any atom is 0.328 e. The number of carboxylic acid groups (broad SMARTS) is 1. The van der Waals surface area contributed by atoms with Crippen LogP contribution < -0.4 is 11.0 Å². The normalized spacial score (nSPS) is 19.4. The number of piperazine rings is 1. The minimum absolute atomic E-state index is 0.0825. The molecule has 0 bridgehead atoms. The van der Waals surface area contributed by atoms with Gasteiger partial charge in [0, 0.05) is 12.7 Å². The summed E-state index contributed by atoms with van der Waals surface area (Å²) >= 11 is 0. The molecule has 9 heteroatoms. The number of hydrogen-bond donors (Lipinski definition) is 4. The monoisotopic (exact) mass is 254 g/mol. The zero-order chi connectivity index (χ0) is 13.3. The Balaban J connectivity index is 2.27. The largest absolute Gasteiger partial charge is 0.480 e. The molecule has 1 aromatic rings. The molecule has 18 heavy (non-hydrogen) atoms. The lowest BCUT2D eigenvalue weighted by Crippen LogP contribution is -2.59. The SMILES string of the molecule is O=C1CN(C(=O)c2c[nH]c(=O)[nH]2)C(C(=O)O)CN1. The fraction of sp³-hybridized carbons (Fsp3) is 0.333. The third kappa shape index (κ3) is 2.10. The molecule has 1 aromatic heterocycles. The first-order chi connectivity index (χ1) is 8.49. The summed E-state index contributed by atoms with van der Waals surface area (Å²) in [4.78, 5) is 50.4. The first-order valence-electron chi connectivity index (χ1n) is 5.07. The fourth-order valence-electron chi connectivity index (χ4n) is 1.68. The van der Waals surface area contributed by atoms with Gasteiger partial charge in [-0.2, -0.15) is 0 Å². The second-order valence-corrected chi connectivity index (χ2v) is 3.75. The van der Waals surface area contributed by atoms with Crippen molar-refractivity contribution in [2.45, 2.75) is 6.04 Å². The predicted octanol–water partition coefficient (Wildman–Crippen LogP) is -2.27. The number of H-pyrrole nitrogens is 2. The second-order valence-electron chi connectivity index (χ2n) is 3.75. The van der Waals surface area contributed by atoms with Crippen molar-refractivity contribution in [1.29, 1.82) is 0 Å². The van der Waals surface area contributed by atoms with Gasteiger partial charge in [0.2, 0.25) is 5.91 Å². The van der Waals surface area contributed by atoms with E-state index in [1.54, 1.807) is 0 Å². The smallest absolute Gasteiger partial charge is 0.328 e. The van der Waals surface area contributed by atoms with E-state index in [1.807, 2.05) is 0 Å². The average molecular weight is 254 g/mol. The van der Waals surface area contributed by atoms with E-state index in [-0.39, 0.29) is 18.8 Å². The summed E-state index contributed by atoms with van der Waals surface area (Å²) in [5.41, 5.74) is -0.660. The maximum atomic E-state index is 12.0. The lowest BCUT2D eigenvalue weighted by molar-refractivity contribution is -0.144. The fourth-order valence-corrected chi connectivity index (χ4v) is 1.68. The summed E-state index contributed by atoms with van der Waals surface area (Å²) in [6.07, 6.45) is 1.14. The van der Waals surface area contributed by atoms with Crippen LogP contribution >= 0.6 is 0 Å². The van der Waals surface area contributed by atoms with Crippen LogP contribution in [-0.2, 0) is 9.59 Å². The lowest BCUT2D eigenvalue weighted by atomic mass is 10.1. The average Bonchev–Trinajstić information content (AvgIpc) is 2.74. The van der Waals surface area contributed by atoms with Gasteiger partial charge in [0.15, 0.2) is 0 Å². The number of aromatic nitrogens is 2. The number of nitrogens with zero attached hydrogens (tertiary/aromatic N) is 1. The van der Waals surface area contributed by atoms with E-state index in [1.165, 1.54) is 0 Å². The van der Waals surface area contributed by atoms with E-state index in [4.69, 9.17) is 5.11 Å². The highest BCUT2D eigenvalue weighted by Crippen LogP contribution is 2.08. The van der Waals surface area contributed by atoms with Crippen molar-refractivity contribution in [3.05, 3.63) is 22.4 Å². The number of rotatable bonds is 2. The quantitative estimate of drug-likeness (QED) is 0.472. The van der Waals surface area contributed by atoms with E-state index in [9.17, 15) is 19.2 Å². The maximum absolute atomic E-state index is 12.0. The topological polar surface area (TPSA) is 135 Å². The molecule has 0 aliphatic carbocycles. The summed E-state index contributed by atoms with van der Waals surface area (Å²) in [6.45, 7) is -0.516. The van der Waals surface area contributed by atoms with Crippen LogP contribution in [0.2, 0.25) is 0 Å². The molecule has 1 fully saturated rings. The van der Waals surface area contributed by atoms with Crippen LogP contribution in [0, 0.1) is 0 Å². The number of carbonyl (C=O) groups excluding carboxylic acids is 2. The van der Waals surface area contributed by atoms with Crippen LogP contribution in [-0.4, -0.2) is 56.9 Å². The number of nitrogens with one attached hydrogen (secondary N) is 3. The van der Waals surface area contributed by atoms with Crippen molar-refractivity contribution in [2.75, 3.05) is 13.1 Å². The molecule has 96 valence electrons. The van der Waals surface area contributed by atoms with Gasteiger partial charge in [-0.25, -0.2) is 9.59 Å². The highest BCUT2D eigenvalue weighted by molar-refractivity contribution is 5.98. The molecule has 1 saturated heterocycles. The Morgan fingerprint density at radius 3 is 2.67 bits per heavy atom. The van der Waals surface area contributed by atoms with Crippen molar-refractivity contribution >= 4 is 17.8 Å². The Hall–Kier alpha value is -2.58. The van der Waals surface area contributed by atoms with Gasteiger partial charge in [-0.15, -0.1) is 0 Å². The third-order valence-electron chi connectivity index (χ3n) is 2.55. The molecule has 1 aliphatic heterocycles. The zero-order valence-corrected chi connectivity index (χ0v) is 9.10. The Morgan fingerprint density at radius 2 is 2.11 bits per heavy atom. The first-order valence-corrected chi connectivity index (χ1v) is 5.07. The molecule has 9 nitrogen and oxygen atoms in total. The molecular formula is C9H10N4O5. The molecule has 1 atom stereocenters. The minimum atomic E-state index is -1.22. The Bertz CT molecular complexity index is 559. The summed E-state index contributed by atoms with van der Waals surface area (Å²) < 4.78 is 0. The van der Waals surface area contributed by atoms with Crippen molar-refractivity contribution in [2.24, 2.45) is 0 Å². The van der Waals surface area contributed by atoms with Gasteiger partial charge in [0.05, 0.1) is 0 Å². The molecular weight excluding hydrogens is 244 g/mol. The van der Waals surface area contributed by atoms with Crippen LogP contribution in [0.3, 0.4) is 0 Å². The predicted molar refractivity (Wildman–Crippen MR) is 56.9 cm³/mol. The number of carboxylic acids is 1. The van der Waals surface area contributed by atoms with Crippen LogP contribution in [0.1, 0.15) is 10.5 Å². The number of hydrogen-bond acceptors (Lipinski definition) is 4. The Morgan fingerprint density at radius 1 is 1.39 bits per heavy atom. The van der Waals surface area contributed by atoms with E-state index < -0.39 is 29.5 Å². The summed E-state index contributed by atoms with van der Waals surface area (Å²) in [5.74, 6) is -2.38. The number of imidazole rings is 1. The summed E-state index contributed by atoms with van der Waals surface area (Å²) in [7, 11) is 0. The molecule has 2 heterocycles. The third-order valence-corrected chi connectivity index (χ3v) is 2.55. The van der Waals surface area contributed by atoms with Crippen molar-refractivity contribution in [3.8, 4) is 0 Å². The van der Waals surface area contributed by atoms with Crippen molar-refractivity contribution in [1.82, 2.24) is 20.2 Å². The van der Waals surface area contributed by atoms with Gasteiger partial charge in [0.25, 0.3) is 5.91 Å². The molecule has 0 spiro atoms. The van der Waals surface area contributed by atoms with Crippen LogP contribution in [0.5, 0.6) is 0 Å². The number of carbonyl (C=O) groups is 3. The Kier molecular flexibility index (Phi) is 2.88. The molecule has 0 saturated carbocycles. The standard InChI is InChI=1S/C9H10N4O5/c14-6-3-13(5(2-10-6)8(16)17)7(15)4-1-11-9(18)12-4/h1,5H,2-3H2,(H,10,14)(H,16,17)(H2,11,12,18). The number of aromatic amines is 2. The first kappa shape index (κ1) is 11.9. The van der Waals surface area contributed by atoms with Crippen LogP contribution in [0.25, 0.3) is 0 Å². The zero-order valence-electron chi connectivity index (χ0n) is 9.10. The van der Waals surface area contributed by atoms with Crippen LogP contribution in [0.4, 0.5) is 0 Å². The van der Waals surface area contributed by atoms with E-state index in [0.29, 0.717) is 0 Å². The molecule has 0 aromatic carbocycles. The molecule has 4 N–H and O–H groups in total. The number of aliphatic carboxylic acids is 1. The van der Waals surface area contributed by atoms with Crippen molar-refractivity contribution in [3.63, 3.8) is 0 Å². The van der Waals surface area contributed by atoms with Gasteiger partial charge >= 0.3 is 11.7 Å². The van der Waals surface area contributed by atoms with E-state index in [2.05, 4.69) is 15.3 Å². The van der Waals surface area contributed by atoms with Gasteiger partial charge in [-0.05, 0) is 0 Å². The van der Waals surface area contributed by atoms with E-state index in [0.717, 1.165) is 11.1 Å². The highest BCUT2D eigenvalue weighted by Gasteiger charge is 2.36. The number of amides is 2. The summed E-state index contributed by atoms with van der Waals surface area (Å²) in [5, 5.41) is 11.3. The van der Waals surface area contributed by atoms with Gasteiger partial charge in [0.1, 0.15) is 18.3 Å². The van der Waals surface area contributed by atoms with Gasteiger partial charge < -0.3 is 25.3 Å². The molecule has 2 rings (SSSR count).